The van der Waals surface area contributed by atoms with Crippen molar-refractivity contribution in [2.45, 2.75) is 33.4 Å². The van der Waals surface area contributed by atoms with Gasteiger partial charge in [0.05, 0.1) is 16.0 Å². The molecule has 1 aliphatic heterocycles. The normalized spacial score (nSPS) is 16.0. The first kappa shape index (κ1) is 23.1. The molecule has 0 unspecified atom stereocenters. The molecule has 1 atom stereocenters. The largest absolute Gasteiger partial charge is 0.488 e. The van der Waals surface area contributed by atoms with Crippen LogP contribution in [0, 0.1) is 6.92 Å². The smallest absolute Gasteiger partial charge is 0.329 e. The number of thioether (sulfide) groups is 1. The highest BCUT2D eigenvalue weighted by Crippen LogP contribution is 2.35. The highest BCUT2D eigenvalue weighted by Gasteiger charge is 2.41. The predicted molar refractivity (Wildman–Crippen MR) is 124 cm³/mol. The molecule has 31 heavy (non-hydrogen) atoms. The summed E-state index contributed by atoms with van der Waals surface area (Å²) in [6, 6.07) is 12.6. The van der Waals surface area contributed by atoms with Crippen LogP contribution in [0.1, 0.15) is 30.5 Å². The van der Waals surface area contributed by atoms with Gasteiger partial charge in [0.2, 0.25) is 0 Å². The summed E-state index contributed by atoms with van der Waals surface area (Å²) in [5.74, 6) is -0.447. The number of rotatable bonds is 7. The first-order valence-electron chi connectivity index (χ1n) is 9.71. The van der Waals surface area contributed by atoms with E-state index in [0.29, 0.717) is 12.4 Å². The van der Waals surface area contributed by atoms with Gasteiger partial charge in [-0.1, -0.05) is 35.9 Å². The monoisotopic (exact) mass is 503 g/mol. The fraction of sp³-hybridized carbons (Fsp3) is 0.261. The van der Waals surface area contributed by atoms with Crippen LogP contribution in [0.3, 0.4) is 0 Å². The summed E-state index contributed by atoms with van der Waals surface area (Å²) in [5, 5.41) is -0.492. The average Bonchev–Trinajstić information content (AvgIpc) is 3.01. The first-order valence-corrected chi connectivity index (χ1v) is 11.3. The summed E-state index contributed by atoms with van der Waals surface area (Å²) in [5.41, 5.74) is 2.98. The number of imide groups is 1. The SMILES string of the molecule is CCOC(=O)[C@H](C)N1C(=O)S/C(=C/c2ccc(OCc3ccc(C)cc3)c(Br)c2)C1=O. The number of hydrogen-bond acceptors (Lipinski definition) is 6. The lowest BCUT2D eigenvalue weighted by molar-refractivity contribution is -0.150. The van der Waals surface area contributed by atoms with Crippen LogP contribution in [0.5, 0.6) is 5.75 Å². The van der Waals surface area contributed by atoms with E-state index in [9.17, 15) is 14.4 Å². The zero-order valence-electron chi connectivity index (χ0n) is 17.4. The van der Waals surface area contributed by atoms with Gasteiger partial charge in [-0.2, -0.15) is 0 Å². The van der Waals surface area contributed by atoms with Crippen LogP contribution in [0.25, 0.3) is 6.08 Å². The van der Waals surface area contributed by atoms with E-state index in [-0.39, 0.29) is 11.5 Å². The predicted octanol–water partition coefficient (Wildman–Crippen LogP) is 5.32. The van der Waals surface area contributed by atoms with Crippen LogP contribution in [0.15, 0.2) is 51.8 Å². The third-order valence-corrected chi connectivity index (χ3v) is 6.11. The van der Waals surface area contributed by atoms with Crippen LogP contribution < -0.4 is 4.74 Å². The molecular formula is C23H22BrNO5S. The van der Waals surface area contributed by atoms with Gasteiger partial charge in [0.1, 0.15) is 18.4 Å². The number of halogens is 1. The molecule has 0 radical (unpaired) electrons. The maximum Gasteiger partial charge on any atom is 0.329 e. The van der Waals surface area contributed by atoms with Gasteiger partial charge in [-0.3, -0.25) is 14.5 Å². The maximum atomic E-state index is 12.7. The summed E-state index contributed by atoms with van der Waals surface area (Å²) in [4.78, 5) is 38.1. The maximum absolute atomic E-state index is 12.7. The Hall–Kier alpha value is -2.58. The highest BCUT2D eigenvalue weighted by molar-refractivity contribution is 9.10. The van der Waals surface area contributed by atoms with E-state index in [2.05, 4.69) is 15.9 Å². The topological polar surface area (TPSA) is 72.9 Å². The van der Waals surface area contributed by atoms with Crippen molar-refractivity contribution in [3.05, 3.63) is 68.5 Å². The minimum Gasteiger partial charge on any atom is -0.488 e. The number of benzene rings is 2. The van der Waals surface area contributed by atoms with Gasteiger partial charge < -0.3 is 9.47 Å². The van der Waals surface area contributed by atoms with E-state index in [1.165, 1.54) is 12.5 Å². The third-order valence-electron chi connectivity index (χ3n) is 4.61. The van der Waals surface area contributed by atoms with Crippen LogP contribution in [-0.2, 0) is 20.9 Å². The summed E-state index contributed by atoms with van der Waals surface area (Å²) < 4.78 is 11.5. The second-order valence-electron chi connectivity index (χ2n) is 6.94. The third kappa shape index (κ3) is 5.57. The van der Waals surface area contributed by atoms with E-state index in [1.807, 2.05) is 37.3 Å². The van der Waals surface area contributed by atoms with Crippen LogP contribution >= 0.6 is 27.7 Å². The molecule has 8 heteroatoms. The van der Waals surface area contributed by atoms with Crippen molar-refractivity contribution in [2.75, 3.05) is 6.61 Å². The Balaban J connectivity index is 1.71. The number of carbonyl (C=O) groups is 3. The van der Waals surface area contributed by atoms with E-state index in [4.69, 9.17) is 9.47 Å². The Morgan fingerprint density at radius 1 is 1.19 bits per heavy atom. The number of esters is 1. The molecule has 6 nitrogen and oxygen atoms in total. The molecule has 0 aromatic heterocycles. The fourth-order valence-electron chi connectivity index (χ4n) is 2.90. The van der Waals surface area contributed by atoms with E-state index >= 15 is 0 Å². The highest BCUT2D eigenvalue weighted by atomic mass is 79.9. The van der Waals surface area contributed by atoms with E-state index < -0.39 is 23.2 Å². The lowest BCUT2D eigenvalue weighted by Gasteiger charge is -2.19. The lowest BCUT2D eigenvalue weighted by Crippen LogP contribution is -2.42. The Labute approximate surface area is 193 Å². The second-order valence-corrected chi connectivity index (χ2v) is 8.79. The van der Waals surface area contributed by atoms with Crippen molar-refractivity contribution in [3.63, 3.8) is 0 Å². The van der Waals surface area contributed by atoms with Crippen molar-refractivity contribution in [1.29, 1.82) is 0 Å². The Bertz CT molecular complexity index is 1030. The zero-order valence-corrected chi connectivity index (χ0v) is 19.8. The van der Waals surface area contributed by atoms with Crippen molar-refractivity contribution in [3.8, 4) is 5.75 Å². The number of nitrogens with zero attached hydrogens (tertiary/aromatic N) is 1. The van der Waals surface area contributed by atoms with Crippen molar-refractivity contribution in [2.24, 2.45) is 0 Å². The molecule has 0 saturated carbocycles. The molecule has 0 bridgehead atoms. The molecule has 0 spiro atoms. The molecule has 2 aromatic carbocycles. The standard InChI is InChI=1S/C23H22BrNO5S/c1-4-29-22(27)15(3)25-21(26)20(31-23(25)28)12-17-9-10-19(18(24)11-17)30-13-16-7-5-14(2)6-8-16/h5-12,15H,4,13H2,1-3H3/b20-12+/t15-/m0/s1. The Morgan fingerprint density at radius 2 is 1.90 bits per heavy atom. The number of hydrogen-bond donors (Lipinski definition) is 0. The molecular weight excluding hydrogens is 482 g/mol. The van der Waals surface area contributed by atoms with Gasteiger partial charge in [0, 0.05) is 0 Å². The Morgan fingerprint density at radius 3 is 2.55 bits per heavy atom. The van der Waals surface area contributed by atoms with E-state index in [1.54, 1.807) is 25.1 Å². The van der Waals surface area contributed by atoms with Gasteiger partial charge >= 0.3 is 5.97 Å². The van der Waals surface area contributed by atoms with Gasteiger partial charge in [-0.05, 0) is 77.8 Å². The zero-order chi connectivity index (χ0) is 22.5. The van der Waals surface area contributed by atoms with Crippen molar-refractivity contribution < 1.29 is 23.9 Å². The minimum atomic E-state index is -0.970. The van der Waals surface area contributed by atoms with Gasteiger partial charge in [-0.25, -0.2) is 4.79 Å². The summed E-state index contributed by atoms with van der Waals surface area (Å²) in [7, 11) is 0. The molecule has 2 aromatic rings. The molecule has 1 saturated heterocycles. The molecule has 0 N–H and O–H groups in total. The molecule has 1 heterocycles. The number of aryl methyl sites for hydroxylation is 1. The van der Waals surface area contributed by atoms with Crippen LogP contribution in [0.4, 0.5) is 4.79 Å². The van der Waals surface area contributed by atoms with E-state index in [0.717, 1.165) is 32.3 Å². The fourth-order valence-corrected chi connectivity index (χ4v) is 4.32. The van der Waals surface area contributed by atoms with Gasteiger partial charge in [0.15, 0.2) is 0 Å². The van der Waals surface area contributed by atoms with Crippen LogP contribution in [-0.4, -0.2) is 34.7 Å². The van der Waals surface area contributed by atoms with Crippen molar-refractivity contribution >= 4 is 50.9 Å². The number of ether oxygens (including phenoxy) is 2. The molecule has 1 fully saturated rings. The van der Waals surface area contributed by atoms with Crippen LogP contribution in [0.2, 0.25) is 0 Å². The molecule has 2 amide bonds. The minimum absolute atomic E-state index is 0.182. The summed E-state index contributed by atoms with van der Waals surface area (Å²) in [6.07, 6.45) is 1.62. The second kappa shape index (κ2) is 10.2. The first-order chi connectivity index (χ1) is 14.8. The summed E-state index contributed by atoms with van der Waals surface area (Å²) in [6.45, 7) is 5.80. The molecule has 0 aliphatic carbocycles. The molecule has 162 valence electrons. The number of amides is 2. The number of carbonyl (C=O) groups excluding carboxylic acids is 3. The lowest BCUT2D eigenvalue weighted by atomic mass is 10.1. The van der Waals surface area contributed by atoms with Crippen molar-refractivity contribution in [1.82, 2.24) is 4.90 Å². The average molecular weight is 504 g/mol. The van der Waals surface area contributed by atoms with Gasteiger partial charge in [0.25, 0.3) is 11.1 Å². The van der Waals surface area contributed by atoms with Gasteiger partial charge in [-0.15, -0.1) is 0 Å². The summed E-state index contributed by atoms with van der Waals surface area (Å²) >= 11 is 4.30. The quantitative estimate of drug-likeness (QED) is 0.375. The molecule has 1 aliphatic rings. The Kier molecular flexibility index (Phi) is 7.56. The molecule has 3 rings (SSSR count).